The first kappa shape index (κ1) is 14.9. The Morgan fingerprint density at radius 2 is 1.95 bits per heavy atom. The van der Waals surface area contributed by atoms with Crippen LogP contribution in [0.5, 0.6) is 5.75 Å². The zero-order chi connectivity index (χ0) is 14.5. The normalized spacial score (nSPS) is 22.4. The molecule has 1 saturated heterocycles. The molecular weight excluding hydrogens is 252 g/mol. The number of unbranched alkanes of at least 4 members (excludes halogenated alkanes) is 1. The van der Waals surface area contributed by atoms with Crippen LogP contribution in [0.3, 0.4) is 0 Å². The molecule has 1 amide bonds. The monoisotopic (exact) mass is 276 g/mol. The summed E-state index contributed by atoms with van der Waals surface area (Å²) in [4.78, 5) is 14.3. The van der Waals surface area contributed by atoms with E-state index in [1.165, 1.54) is 0 Å². The van der Waals surface area contributed by atoms with E-state index in [0.29, 0.717) is 0 Å². The van der Waals surface area contributed by atoms with Gasteiger partial charge in [0.25, 0.3) is 0 Å². The van der Waals surface area contributed by atoms with E-state index in [-0.39, 0.29) is 18.1 Å². The predicted octanol–water partition coefficient (Wildman–Crippen LogP) is 2.70. The van der Waals surface area contributed by atoms with Gasteiger partial charge in [0.15, 0.2) is 0 Å². The first-order valence-electron chi connectivity index (χ1n) is 7.41. The molecule has 2 unspecified atom stereocenters. The molecule has 0 radical (unpaired) electrons. The van der Waals surface area contributed by atoms with Gasteiger partial charge in [-0.2, -0.15) is 0 Å². The van der Waals surface area contributed by atoms with Crippen molar-refractivity contribution < 1.29 is 9.53 Å². The lowest BCUT2D eigenvalue weighted by Crippen LogP contribution is -2.30. The highest BCUT2D eigenvalue weighted by atomic mass is 16.5. The highest BCUT2D eigenvalue weighted by Crippen LogP contribution is 2.28. The number of hydrogen-bond donors (Lipinski definition) is 1. The van der Waals surface area contributed by atoms with Crippen LogP contribution in [-0.4, -0.2) is 30.5 Å². The van der Waals surface area contributed by atoms with Crippen LogP contribution in [0.2, 0.25) is 0 Å². The van der Waals surface area contributed by atoms with E-state index >= 15 is 0 Å². The molecule has 110 valence electrons. The van der Waals surface area contributed by atoms with Crippen LogP contribution in [0, 0.1) is 0 Å². The maximum atomic E-state index is 12.4. The molecule has 0 saturated carbocycles. The minimum absolute atomic E-state index is 0.0136. The van der Waals surface area contributed by atoms with Gasteiger partial charge in [0, 0.05) is 6.54 Å². The van der Waals surface area contributed by atoms with Crippen molar-refractivity contribution in [2.75, 3.05) is 13.7 Å². The van der Waals surface area contributed by atoms with Crippen LogP contribution < -0.4 is 10.1 Å². The molecule has 4 heteroatoms. The van der Waals surface area contributed by atoms with E-state index in [4.69, 9.17) is 4.74 Å². The molecule has 1 N–H and O–H groups in total. The second-order valence-electron chi connectivity index (χ2n) is 5.16. The summed E-state index contributed by atoms with van der Waals surface area (Å²) in [5.74, 6) is 1.06. The molecule has 0 spiro atoms. The fourth-order valence-corrected chi connectivity index (χ4v) is 2.70. The Morgan fingerprint density at radius 1 is 1.25 bits per heavy atom. The molecule has 1 heterocycles. The number of nitrogens with one attached hydrogen (secondary N) is 1. The maximum absolute atomic E-state index is 12.4. The molecule has 0 aliphatic carbocycles. The summed E-state index contributed by atoms with van der Waals surface area (Å²) in [6.07, 6.45) is 3.10. The van der Waals surface area contributed by atoms with Gasteiger partial charge in [-0.05, 0) is 31.0 Å². The van der Waals surface area contributed by atoms with Gasteiger partial charge in [-0.15, -0.1) is 0 Å². The largest absolute Gasteiger partial charge is 0.497 e. The van der Waals surface area contributed by atoms with E-state index in [0.717, 1.165) is 37.1 Å². The van der Waals surface area contributed by atoms with E-state index in [9.17, 15) is 4.79 Å². The molecule has 2 atom stereocenters. The van der Waals surface area contributed by atoms with Crippen molar-refractivity contribution in [3.8, 4) is 5.75 Å². The quantitative estimate of drug-likeness (QED) is 0.868. The van der Waals surface area contributed by atoms with Crippen LogP contribution in [0.1, 0.15) is 44.8 Å². The van der Waals surface area contributed by atoms with E-state index < -0.39 is 0 Å². The Hall–Kier alpha value is -1.55. The minimum Gasteiger partial charge on any atom is -0.497 e. The van der Waals surface area contributed by atoms with Crippen molar-refractivity contribution in [2.24, 2.45) is 0 Å². The summed E-state index contributed by atoms with van der Waals surface area (Å²) in [5.41, 5.74) is 1.11. The highest BCUT2D eigenvalue weighted by Gasteiger charge is 2.37. The number of benzene rings is 1. The Kier molecular flexibility index (Phi) is 5.01. The molecule has 1 fully saturated rings. The molecule has 20 heavy (non-hydrogen) atoms. The van der Waals surface area contributed by atoms with Crippen molar-refractivity contribution >= 4 is 5.91 Å². The van der Waals surface area contributed by atoms with Crippen molar-refractivity contribution in [1.29, 1.82) is 0 Å². The summed E-state index contributed by atoms with van der Waals surface area (Å²) in [5, 5.41) is 3.47. The number of likely N-dealkylation sites (N-methyl/N-ethyl adjacent to an activating group) is 1. The van der Waals surface area contributed by atoms with Crippen LogP contribution in [-0.2, 0) is 4.79 Å². The third-order valence-electron chi connectivity index (χ3n) is 3.87. The summed E-state index contributed by atoms with van der Waals surface area (Å²) >= 11 is 0. The number of amides is 1. The van der Waals surface area contributed by atoms with Gasteiger partial charge in [0.2, 0.25) is 5.91 Å². The lowest BCUT2D eigenvalue weighted by molar-refractivity contribution is -0.130. The predicted molar refractivity (Wildman–Crippen MR) is 79.6 cm³/mol. The summed E-state index contributed by atoms with van der Waals surface area (Å²) in [6.45, 7) is 4.90. The number of carbonyl (C=O) groups excluding carboxylic acids is 1. The van der Waals surface area contributed by atoms with Gasteiger partial charge >= 0.3 is 0 Å². The molecule has 1 aliphatic heterocycles. The van der Waals surface area contributed by atoms with Gasteiger partial charge in [0.1, 0.15) is 11.9 Å². The zero-order valence-corrected chi connectivity index (χ0v) is 12.6. The molecule has 0 bridgehead atoms. The zero-order valence-electron chi connectivity index (χ0n) is 12.6. The molecule has 1 aromatic carbocycles. The van der Waals surface area contributed by atoms with Crippen LogP contribution >= 0.6 is 0 Å². The average Bonchev–Trinajstić information content (AvgIpc) is 2.81. The van der Waals surface area contributed by atoms with Gasteiger partial charge < -0.3 is 9.64 Å². The Bertz CT molecular complexity index is 444. The first-order valence-corrected chi connectivity index (χ1v) is 7.41. The van der Waals surface area contributed by atoms with Crippen molar-refractivity contribution in [3.63, 3.8) is 0 Å². The van der Waals surface area contributed by atoms with Gasteiger partial charge in [-0.3, -0.25) is 10.1 Å². The van der Waals surface area contributed by atoms with Crippen LogP contribution in [0.25, 0.3) is 0 Å². The van der Waals surface area contributed by atoms with Crippen molar-refractivity contribution in [1.82, 2.24) is 10.2 Å². The van der Waals surface area contributed by atoms with Gasteiger partial charge in [-0.25, -0.2) is 0 Å². The van der Waals surface area contributed by atoms with Crippen LogP contribution in [0.4, 0.5) is 0 Å². The summed E-state index contributed by atoms with van der Waals surface area (Å²) in [7, 11) is 1.66. The number of ether oxygens (including phenoxy) is 1. The number of carbonyl (C=O) groups is 1. The van der Waals surface area contributed by atoms with E-state index in [1.54, 1.807) is 7.11 Å². The molecule has 0 aromatic heterocycles. The smallest absolute Gasteiger partial charge is 0.241 e. The SMILES string of the molecule is CCCCC1NC(c2ccc(OC)cc2)N(CC)C1=O. The fraction of sp³-hybridized carbons (Fsp3) is 0.562. The fourth-order valence-electron chi connectivity index (χ4n) is 2.70. The number of hydrogen-bond acceptors (Lipinski definition) is 3. The van der Waals surface area contributed by atoms with Gasteiger partial charge in [0.05, 0.1) is 13.2 Å². The summed E-state index contributed by atoms with van der Waals surface area (Å²) < 4.78 is 5.18. The average molecular weight is 276 g/mol. The van der Waals surface area contributed by atoms with Gasteiger partial charge in [-0.1, -0.05) is 31.9 Å². The Labute approximate surface area is 121 Å². The summed E-state index contributed by atoms with van der Waals surface area (Å²) in [6, 6.07) is 7.88. The number of methoxy groups -OCH3 is 1. The van der Waals surface area contributed by atoms with Crippen molar-refractivity contribution in [2.45, 2.75) is 45.3 Å². The molecular formula is C16H24N2O2. The highest BCUT2D eigenvalue weighted by molar-refractivity contribution is 5.84. The molecule has 2 rings (SSSR count). The van der Waals surface area contributed by atoms with E-state index in [1.807, 2.05) is 36.1 Å². The lowest BCUT2D eigenvalue weighted by Gasteiger charge is -2.23. The number of rotatable bonds is 6. The molecule has 1 aromatic rings. The van der Waals surface area contributed by atoms with E-state index in [2.05, 4.69) is 12.2 Å². The first-order chi connectivity index (χ1) is 9.71. The Balaban J connectivity index is 2.14. The lowest BCUT2D eigenvalue weighted by atomic mass is 10.1. The number of nitrogens with zero attached hydrogens (tertiary/aromatic N) is 1. The maximum Gasteiger partial charge on any atom is 0.241 e. The second kappa shape index (κ2) is 6.75. The van der Waals surface area contributed by atoms with Crippen LogP contribution in [0.15, 0.2) is 24.3 Å². The third kappa shape index (κ3) is 2.96. The second-order valence-corrected chi connectivity index (χ2v) is 5.16. The molecule has 1 aliphatic rings. The molecule has 4 nitrogen and oxygen atoms in total. The standard InChI is InChI=1S/C16H24N2O2/c1-4-6-7-14-16(19)18(5-2)15(17-14)12-8-10-13(20-3)11-9-12/h8-11,14-15,17H,4-7H2,1-3H3. The Morgan fingerprint density at radius 3 is 2.50 bits per heavy atom. The minimum atomic E-state index is -0.0398. The van der Waals surface area contributed by atoms with Crippen molar-refractivity contribution in [3.05, 3.63) is 29.8 Å². The third-order valence-corrected chi connectivity index (χ3v) is 3.87. The topological polar surface area (TPSA) is 41.6 Å².